The van der Waals surface area contributed by atoms with Crippen LogP contribution in [-0.2, 0) is 10.0 Å². The fourth-order valence-corrected chi connectivity index (χ4v) is 6.00. The van der Waals surface area contributed by atoms with Gasteiger partial charge in [0.2, 0.25) is 10.0 Å². The number of H-pyrrole nitrogens is 1. The molecule has 0 radical (unpaired) electrons. The SMILES string of the molecule is O=S(=O)(C1CC1)N1CC(CF)C(c2nc(C3CCCCC3)n[nH]2)C1. The summed E-state index contributed by atoms with van der Waals surface area (Å²) in [5.74, 6) is 1.33. The molecule has 0 aromatic carbocycles. The number of hydrogen-bond acceptors (Lipinski definition) is 4. The van der Waals surface area contributed by atoms with E-state index in [0.717, 1.165) is 31.5 Å². The molecule has 3 aliphatic rings. The molecule has 3 fully saturated rings. The quantitative estimate of drug-likeness (QED) is 0.878. The molecule has 1 N–H and O–H groups in total. The second kappa shape index (κ2) is 6.37. The highest BCUT2D eigenvalue weighted by Gasteiger charge is 2.47. The van der Waals surface area contributed by atoms with Crippen molar-refractivity contribution in [3.05, 3.63) is 11.6 Å². The minimum atomic E-state index is -3.26. The Bertz CT molecular complexity index is 682. The van der Waals surface area contributed by atoms with E-state index >= 15 is 0 Å². The zero-order chi connectivity index (χ0) is 16.7. The van der Waals surface area contributed by atoms with Gasteiger partial charge in [0.1, 0.15) is 5.82 Å². The first-order valence-electron chi connectivity index (χ1n) is 9.06. The van der Waals surface area contributed by atoms with Crippen LogP contribution in [-0.4, -0.2) is 52.9 Å². The lowest BCUT2D eigenvalue weighted by Gasteiger charge is -2.18. The van der Waals surface area contributed by atoms with Gasteiger partial charge in [-0.2, -0.15) is 5.10 Å². The van der Waals surface area contributed by atoms with Gasteiger partial charge in [0.05, 0.1) is 11.9 Å². The van der Waals surface area contributed by atoms with Crippen LogP contribution < -0.4 is 0 Å². The van der Waals surface area contributed by atoms with E-state index in [1.165, 1.54) is 23.6 Å². The molecule has 1 aliphatic heterocycles. The summed E-state index contributed by atoms with van der Waals surface area (Å²) in [5, 5.41) is 7.09. The van der Waals surface area contributed by atoms with Gasteiger partial charge < -0.3 is 0 Å². The van der Waals surface area contributed by atoms with Crippen LogP contribution in [0.2, 0.25) is 0 Å². The molecule has 2 saturated carbocycles. The highest BCUT2D eigenvalue weighted by molar-refractivity contribution is 7.90. The zero-order valence-corrected chi connectivity index (χ0v) is 14.6. The Morgan fingerprint density at radius 1 is 1.12 bits per heavy atom. The van der Waals surface area contributed by atoms with Gasteiger partial charge in [-0.25, -0.2) is 17.7 Å². The summed E-state index contributed by atoms with van der Waals surface area (Å²) in [6.07, 6.45) is 7.37. The van der Waals surface area contributed by atoms with Gasteiger partial charge in [-0.05, 0) is 25.7 Å². The van der Waals surface area contributed by atoms with Gasteiger partial charge in [-0.3, -0.25) is 9.49 Å². The van der Waals surface area contributed by atoms with E-state index in [0.29, 0.717) is 18.3 Å². The first-order valence-corrected chi connectivity index (χ1v) is 10.6. The Hall–Kier alpha value is -1.02. The van der Waals surface area contributed by atoms with Gasteiger partial charge in [0, 0.05) is 30.8 Å². The molecule has 6 nitrogen and oxygen atoms in total. The number of aromatic nitrogens is 3. The molecule has 0 amide bonds. The number of aromatic amines is 1. The summed E-state index contributed by atoms with van der Waals surface area (Å²) in [6, 6.07) is 0. The van der Waals surface area contributed by atoms with Crippen LogP contribution in [0.5, 0.6) is 0 Å². The van der Waals surface area contributed by atoms with Gasteiger partial charge >= 0.3 is 0 Å². The van der Waals surface area contributed by atoms with Crippen molar-refractivity contribution in [3.8, 4) is 0 Å². The monoisotopic (exact) mass is 356 g/mol. The molecule has 134 valence electrons. The summed E-state index contributed by atoms with van der Waals surface area (Å²) < 4.78 is 39.9. The number of nitrogens with zero attached hydrogens (tertiary/aromatic N) is 3. The Kier molecular flexibility index (Phi) is 4.36. The Balaban J connectivity index is 1.51. The minimum absolute atomic E-state index is 0.214. The van der Waals surface area contributed by atoms with Crippen LogP contribution in [0.15, 0.2) is 0 Å². The first-order chi connectivity index (χ1) is 11.6. The van der Waals surface area contributed by atoms with Crippen molar-refractivity contribution in [2.24, 2.45) is 5.92 Å². The van der Waals surface area contributed by atoms with Gasteiger partial charge in [-0.1, -0.05) is 19.3 Å². The van der Waals surface area contributed by atoms with Crippen molar-refractivity contribution in [1.82, 2.24) is 19.5 Å². The van der Waals surface area contributed by atoms with E-state index in [2.05, 4.69) is 15.2 Å². The summed E-state index contributed by atoms with van der Waals surface area (Å²) in [4.78, 5) is 4.64. The summed E-state index contributed by atoms with van der Waals surface area (Å²) in [6.45, 7) is 0.0625. The molecule has 2 atom stereocenters. The molecule has 8 heteroatoms. The summed E-state index contributed by atoms with van der Waals surface area (Å²) in [7, 11) is -3.26. The number of halogens is 1. The number of rotatable bonds is 5. The normalized spacial score (nSPS) is 30.0. The highest BCUT2D eigenvalue weighted by atomic mass is 32.2. The molecular weight excluding hydrogens is 331 g/mol. The van der Waals surface area contributed by atoms with Crippen molar-refractivity contribution >= 4 is 10.0 Å². The summed E-state index contributed by atoms with van der Waals surface area (Å²) in [5.41, 5.74) is 0. The minimum Gasteiger partial charge on any atom is -0.263 e. The van der Waals surface area contributed by atoms with Crippen molar-refractivity contribution in [3.63, 3.8) is 0 Å². The van der Waals surface area contributed by atoms with E-state index in [1.807, 2.05) is 0 Å². The smallest absolute Gasteiger partial charge is 0.217 e. The van der Waals surface area contributed by atoms with E-state index in [4.69, 9.17) is 0 Å². The second-order valence-corrected chi connectivity index (χ2v) is 9.71. The van der Waals surface area contributed by atoms with E-state index in [-0.39, 0.29) is 23.6 Å². The average molecular weight is 356 g/mol. The molecule has 24 heavy (non-hydrogen) atoms. The largest absolute Gasteiger partial charge is 0.263 e. The summed E-state index contributed by atoms with van der Waals surface area (Å²) >= 11 is 0. The maximum atomic E-state index is 13.5. The fourth-order valence-electron chi connectivity index (χ4n) is 4.08. The van der Waals surface area contributed by atoms with Crippen molar-refractivity contribution in [1.29, 1.82) is 0 Å². The lowest BCUT2D eigenvalue weighted by Crippen LogP contribution is -2.32. The maximum absolute atomic E-state index is 13.5. The first kappa shape index (κ1) is 16.4. The van der Waals surface area contributed by atoms with E-state index in [1.54, 1.807) is 0 Å². The number of alkyl halides is 1. The topological polar surface area (TPSA) is 79.0 Å². The predicted octanol–water partition coefficient (Wildman–Crippen LogP) is 2.33. The van der Waals surface area contributed by atoms with E-state index in [9.17, 15) is 12.8 Å². The molecular formula is C16H25FN4O2S. The predicted molar refractivity (Wildman–Crippen MR) is 87.9 cm³/mol. The van der Waals surface area contributed by atoms with Crippen LogP contribution in [0, 0.1) is 5.92 Å². The number of sulfonamides is 1. The third kappa shape index (κ3) is 2.98. The maximum Gasteiger partial charge on any atom is 0.217 e. The molecule has 1 aromatic rings. The average Bonchev–Trinajstić information content (AvgIpc) is 3.20. The molecule has 0 spiro atoms. The third-order valence-corrected chi connectivity index (χ3v) is 8.08. The lowest BCUT2D eigenvalue weighted by molar-refractivity contribution is 0.345. The standard InChI is InChI=1S/C16H25FN4O2S/c17-8-12-9-21(24(22,23)13-6-7-13)10-14(12)16-18-15(19-20-16)11-4-2-1-3-5-11/h11-14H,1-10H2,(H,18,19,20). The number of hydrogen-bond donors (Lipinski definition) is 1. The molecule has 2 heterocycles. The van der Waals surface area contributed by atoms with Crippen molar-refractivity contribution in [2.75, 3.05) is 19.8 Å². The molecule has 2 unspecified atom stereocenters. The molecule has 0 bridgehead atoms. The molecule has 4 rings (SSSR count). The van der Waals surface area contributed by atoms with Crippen molar-refractivity contribution < 1.29 is 12.8 Å². The Morgan fingerprint density at radius 2 is 1.88 bits per heavy atom. The van der Waals surface area contributed by atoms with Gasteiger partial charge in [-0.15, -0.1) is 0 Å². The molecule has 2 aliphatic carbocycles. The van der Waals surface area contributed by atoms with Crippen LogP contribution in [0.1, 0.15) is 68.4 Å². The van der Waals surface area contributed by atoms with Gasteiger partial charge in [0.25, 0.3) is 0 Å². The lowest BCUT2D eigenvalue weighted by atomic mass is 9.89. The molecule has 1 saturated heterocycles. The van der Waals surface area contributed by atoms with Crippen LogP contribution in [0.3, 0.4) is 0 Å². The number of nitrogens with one attached hydrogen (secondary N) is 1. The molecule has 1 aromatic heterocycles. The highest BCUT2D eigenvalue weighted by Crippen LogP contribution is 2.39. The van der Waals surface area contributed by atoms with Crippen molar-refractivity contribution in [2.45, 2.75) is 62.0 Å². The van der Waals surface area contributed by atoms with E-state index < -0.39 is 16.7 Å². The van der Waals surface area contributed by atoms with Crippen LogP contribution in [0.4, 0.5) is 4.39 Å². The fraction of sp³-hybridized carbons (Fsp3) is 0.875. The Morgan fingerprint density at radius 3 is 2.54 bits per heavy atom. The second-order valence-electron chi connectivity index (χ2n) is 7.50. The van der Waals surface area contributed by atoms with Crippen LogP contribution >= 0.6 is 0 Å². The Labute approximate surface area is 142 Å². The zero-order valence-electron chi connectivity index (χ0n) is 13.8. The van der Waals surface area contributed by atoms with Gasteiger partial charge in [0.15, 0.2) is 5.82 Å². The third-order valence-electron chi connectivity index (χ3n) is 5.75. The van der Waals surface area contributed by atoms with Crippen LogP contribution in [0.25, 0.3) is 0 Å².